The maximum atomic E-state index is 14.6. The Kier molecular flexibility index (Phi) is 5.77. The van der Waals surface area contributed by atoms with Crippen molar-refractivity contribution in [3.8, 4) is 17.3 Å². The maximum Gasteiger partial charge on any atom is 0.412 e. The number of methoxy groups -OCH3 is 1. The van der Waals surface area contributed by atoms with Crippen LogP contribution in [0.25, 0.3) is 33.3 Å². The number of anilines is 1. The van der Waals surface area contributed by atoms with Gasteiger partial charge in [-0.2, -0.15) is 13.2 Å². The van der Waals surface area contributed by atoms with Gasteiger partial charge in [-0.3, -0.25) is 9.97 Å². The standard InChI is InChI=1S/C23H15ClF3N7O/c1-35-17-10-28-9-16(32-17)19-13(8-12-4-2-5-14(24)18(12)33-19)21(23(25,26)27)34-22-20-15(30-11-31-22)6-3-7-29-20/h2-11,21H,1H3,(H,30,31,34)/t21-/m1/s1. The van der Waals surface area contributed by atoms with Gasteiger partial charge in [-0.05, 0) is 24.3 Å². The molecule has 0 aliphatic heterocycles. The van der Waals surface area contributed by atoms with Crippen molar-refractivity contribution in [2.24, 2.45) is 0 Å². The molecule has 0 aliphatic carbocycles. The van der Waals surface area contributed by atoms with E-state index in [4.69, 9.17) is 16.3 Å². The molecule has 0 unspecified atom stereocenters. The predicted octanol–water partition coefficient (Wildman–Crippen LogP) is 5.41. The number of ether oxygens (including phenoxy) is 1. The molecule has 35 heavy (non-hydrogen) atoms. The first kappa shape index (κ1) is 22.7. The molecule has 1 aromatic carbocycles. The molecule has 1 N–H and O–H groups in total. The number of nitrogens with zero attached hydrogens (tertiary/aromatic N) is 6. The Morgan fingerprint density at radius 2 is 1.86 bits per heavy atom. The first-order chi connectivity index (χ1) is 16.8. The molecule has 1 atom stereocenters. The first-order valence-electron chi connectivity index (χ1n) is 10.2. The molecule has 4 heterocycles. The number of nitrogens with one attached hydrogen (secondary N) is 1. The number of benzene rings is 1. The van der Waals surface area contributed by atoms with Crippen LogP contribution in [0, 0.1) is 0 Å². The number of para-hydroxylation sites is 1. The lowest BCUT2D eigenvalue weighted by Crippen LogP contribution is -2.29. The van der Waals surface area contributed by atoms with E-state index in [1.807, 2.05) is 0 Å². The summed E-state index contributed by atoms with van der Waals surface area (Å²) < 4.78 is 48.8. The van der Waals surface area contributed by atoms with Crippen LogP contribution >= 0.6 is 11.6 Å². The Hall–Kier alpha value is -4.12. The number of hydrogen-bond acceptors (Lipinski definition) is 8. The van der Waals surface area contributed by atoms with Gasteiger partial charge in [0.15, 0.2) is 11.9 Å². The second kappa shape index (κ2) is 8.91. The molecule has 0 saturated heterocycles. The van der Waals surface area contributed by atoms with Crippen LogP contribution in [0.15, 0.2) is 61.3 Å². The average Bonchev–Trinajstić information content (AvgIpc) is 2.86. The van der Waals surface area contributed by atoms with Crippen molar-refractivity contribution in [2.45, 2.75) is 12.2 Å². The van der Waals surface area contributed by atoms with Crippen molar-refractivity contribution in [1.82, 2.24) is 29.9 Å². The highest BCUT2D eigenvalue weighted by atomic mass is 35.5. The van der Waals surface area contributed by atoms with Gasteiger partial charge in [0.25, 0.3) is 0 Å². The molecule has 5 rings (SSSR count). The van der Waals surface area contributed by atoms with E-state index in [1.54, 1.807) is 30.3 Å². The molecule has 0 fully saturated rings. The van der Waals surface area contributed by atoms with Gasteiger partial charge in [0.05, 0.1) is 41.3 Å². The minimum absolute atomic E-state index is 0.0573. The van der Waals surface area contributed by atoms with Crippen molar-refractivity contribution >= 4 is 39.4 Å². The quantitative estimate of drug-likeness (QED) is 0.344. The SMILES string of the molecule is COc1cncc(-c2nc3c(Cl)cccc3cc2[C@@H](Nc2ncnc3cccnc23)C(F)(F)F)n1. The number of pyridine rings is 2. The van der Waals surface area contributed by atoms with E-state index in [0.29, 0.717) is 16.4 Å². The van der Waals surface area contributed by atoms with Crippen LogP contribution < -0.4 is 10.1 Å². The molecule has 176 valence electrons. The number of fused-ring (bicyclic) bond motifs is 2. The third kappa shape index (κ3) is 4.37. The Morgan fingerprint density at radius 3 is 2.66 bits per heavy atom. The maximum absolute atomic E-state index is 14.6. The van der Waals surface area contributed by atoms with Crippen LogP contribution in [0.5, 0.6) is 5.88 Å². The van der Waals surface area contributed by atoms with Crippen LogP contribution in [0.2, 0.25) is 5.02 Å². The zero-order chi connectivity index (χ0) is 24.6. The largest absolute Gasteiger partial charge is 0.480 e. The Morgan fingerprint density at radius 1 is 1.00 bits per heavy atom. The second-order valence-electron chi connectivity index (χ2n) is 7.40. The van der Waals surface area contributed by atoms with Crippen molar-refractivity contribution in [2.75, 3.05) is 12.4 Å². The zero-order valence-corrected chi connectivity index (χ0v) is 18.7. The minimum atomic E-state index is -4.75. The fourth-order valence-corrected chi connectivity index (χ4v) is 3.86. The molecule has 0 saturated carbocycles. The highest BCUT2D eigenvalue weighted by Crippen LogP contribution is 2.41. The molecule has 12 heteroatoms. The van der Waals surface area contributed by atoms with Gasteiger partial charge in [-0.1, -0.05) is 23.7 Å². The van der Waals surface area contributed by atoms with Gasteiger partial charge >= 0.3 is 6.18 Å². The van der Waals surface area contributed by atoms with Crippen LogP contribution in [-0.4, -0.2) is 43.2 Å². The van der Waals surface area contributed by atoms with Crippen LogP contribution in [-0.2, 0) is 0 Å². The number of hydrogen-bond donors (Lipinski definition) is 1. The van der Waals surface area contributed by atoms with Gasteiger partial charge in [0.2, 0.25) is 5.88 Å². The molecule has 0 aliphatic rings. The van der Waals surface area contributed by atoms with Crippen molar-refractivity contribution in [3.05, 3.63) is 71.9 Å². The van der Waals surface area contributed by atoms with Crippen LogP contribution in [0.4, 0.5) is 19.0 Å². The van der Waals surface area contributed by atoms with Crippen molar-refractivity contribution in [3.63, 3.8) is 0 Å². The Balaban J connectivity index is 1.75. The van der Waals surface area contributed by atoms with Crippen LogP contribution in [0.3, 0.4) is 0 Å². The lowest BCUT2D eigenvalue weighted by molar-refractivity contribution is -0.143. The van der Waals surface area contributed by atoms with E-state index < -0.39 is 12.2 Å². The van der Waals surface area contributed by atoms with Gasteiger partial charge in [0, 0.05) is 17.1 Å². The monoisotopic (exact) mass is 497 g/mol. The van der Waals surface area contributed by atoms with E-state index in [1.165, 1.54) is 38.1 Å². The summed E-state index contributed by atoms with van der Waals surface area (Å²) >= 11 is 6.31. The van der Waals surface area contributed by atoms with Crippen LogP contribution in [0.1, 0.15) is 11.6 Å². The van der Waals surface area contributed by atoms with Gasteiger partial charge in [-0.15, -0.1) is 0 Å². The molecule has 0 amide bonds. The van der Waals surface area contributed by atoms with E-state index in [-0.39, 0.29) is 39.2 Å². The predicted molar refractivity (Wildman–Crippen MR) is 124 cm³/mol. The summed E-state index contributed by atoms with van der Waals surface area (Å²) in [4.78, 5) is 25.0. The molecule has 0 bridgehead atoms. The summed E-state index contributed by atoms with van der Waals surface area (Å²) in [6.45, 7) is 0. The summed E-state index contributed by atoms with van der Waals surface area (Å²) in [7, 11) is 1.38. The summed E-state index contributed by atoms with van der Waals surface area (Å²) in [6, 6.07) is 7.31. The normalized spacial score (nSPS) is 12.6. The lowest BCUT2D eigenvalue weighted by Gasteiger charge is -2.25. The van der Waals surface area contributed by atoms with E-state index >= 15 is 0 Å². The molecular weight excluding hydrogens is 483 g/mol. The van der Waals surface area contributed by atoms with Gasteiger partial charge in [0.1, 0.15) is 17.5 Å². The fraction of sp³-hybridized carbons (Fsp3) is 0.130. The summed E-state index contributed by atoms with van der Waals surface area (Å²) in [5.74, 6) is 0.0452. The lowest BCUT2D eigenvalue weighted by atomic mass is 9.99. The van der Waals surface area contributed by atoms with E-state index in [0.717, 1.165) is 0 Å². The summed E-state index contributed by atoms with van der Waals surface area (Å²) in [5.41, 5.74) is 0.753. The minimum Gasteiger partial charge on any atom is -0.480 e. The van der Waals surface area contributed by atoms with E-state index in [9.17, 15) is 13.2 Å². The first-order valence-corrected chi connectivity index (χ1v) is 10.6. The topological polar surface area (TPSA) is 98.6 Å². The van der Waals surface area contributed by atoms with E-state index in [2.05, 4.69) is 35.2 Å². The van der Waals surface area contributed by atoms with Gasteiger partial charge < -0.3 is 10.1 Å². The number of halogens is 4. The average molecular weight is 498 g/mol. The highest BCUT2D eigenvalue weighted by molar-refractivity contribution is 6.35. The summed E-state index contributed by atoms with van der Waals surface area (Å²) in [6.07, 6.45) is 0.533. The zero-order valence-electron chi connectivity index (χ0n) is 18.0. The number of rotatable bonds is 5. The third-order valence-electron chi connectivity index (χ3n) is 5.20. The number of alkyl halides is 3. The number of aromatic nitrogens is 6. The summed E-state index contributed by atoms with van der Waals surface area (Å²) in [5, 5.41) is 3.22. The Labute approximate surface area is 201 Å². The molecule has 5 aromatic rings. The smallest absolute Gasteiger partial charge is 0.412 e. The molecular formula is C23H15ClF3N7O. The van der Waals surface area contributed by atoms with Gasteiger partial charge in [-0.25, -0.2) is 19.9 Å². The third-order valence-corrected chi connectivity index (χ3v) is 5.51. The Bertz CT molecular complexity index is 1540. The molecule has 0 spiro atoms. The second-order valence-corrected chi connectivity index (χ2v) is 7.80. The molecule has 4 aromatic heterocycles. The highest BCUT2D eigenvalue weighted by Gasteiger charge is 2.43. The van der Waals surface area contributed by atoms with Crippen molar-refractivity contribution in [1.29, 1.82) is 0 Å². The molecule has 8 nitrogen and oxygen atoms in total. The molecule has 0 radical (unpaired) electrons. The van der Waals surface area contributed by atoms with Crippen molar-refractivity contribution < 1.29 is 17.9 Å². The fourth-order valence-electron chi connectivity index (χ4n) is 3.64.